The number of allylic oxidation sites excluding steroid dienone is 1. The molecule has 1 aliphatic rings. The van der Waals surface area contributed by atoms with Crippen molar-refractivity contribution < 1.29 is 14.7 Å². The first-order chi connectivity index (χ1) is 9.58. The predicted octanol–water partition coefficient (Wildman–Crippen LogP) is 2.80. The highest BCUT2D eigenvalue weighted by Gasteiger charge is 2.19. The van der Waals surface area contributed by atoms with Crippen molar-refractivity contribution in [1.82, 2.24) is 4.90 Å². The lowest BCUT2D eigenvalue weighted by Gasteiger charge is -2.15. The van der Waals surface area contributed by atoms with Gasteiger partial charge in [0.1, 0.15) is 0 Å². The van der Waals surface area contributed by atoms with Gasteiger partial charge >= 0.3 is 5.97 Å². The average molecular weight is 273 g/mol. The fraction of sp³-hybridized carbons (Fsp3) is 0.375. The summed E-state index contributed by atoms with van der Waals surface area (Å²) in [4.78, 5) is 24.7. The maximum atomic E-state index is 12.3. The van der Waals surface area contributed by atoms with E-state index in [0.29, 0.717) is 5.56 Å². The van der Waals surface area contributed by atoms with Gasteiger partial charge in [-0.15, -0.1) is 0 Å². The van der Waals surface area contributed by atoms with E-state index >= 15 is 0 Å². The molecule has 0 spiro atoms. The molecule has 1 N–H and O–H groups in total. The Labute approximate surface area is 118 Å². The van der Waals surface area contributed by atoms with Crippen molar-refractivity contribution in [3.05, 3.63) is 41.5 Å². The molecule has 4 nitrogen and oxygen atoms in total. The van der Waals surface area contributed by atoms with Gasteiger partial charge in [-0.25, -0.2) is 0 Å². The predicted molar refractivity (Wildman–Crippen MR) is 77.5 cm³/mol. The second-order valence-electron chi connectivity index (χ2n) is 5.07. The van der Waals surface area contributed by atoms with Crippen molar-refractivity contribution in [2.45, 2.75) is 26.2 Å². The second-order valence-corrected chi connectivity index (χ2v) is 5.07. The highest BCUT2D eigenvalue weighted by molar-refractivity contribution is 5.95. The van der Waals surface area contributed by atoms with Crippen LogP contribution in [0.4, 0.5) is 0 Å². The van der Waals surface area contributed by atoms with Gasteiger partial charge in [0, 0.05) is 18.7 Å². The number of aliphatic carboxylic acids is 1. The molecule has 0 aromatic heterocycles. The van der Waals surface area contributed by atoms with Gasteiger partial charge < -0.3 is 10.0 Å². The Kier molecular flexibility index (Phi) is 4.56. The largest absolute Gasteiger partial charge is 0.481 e. The maximum Gasteiger partial charge on any atom is 0.307 e. The molecule has 1 saturated heterocycles. The molecule has 106 valence electrons. The van der Waals surface area contributed by atoms with E-state index in [1.807, 2.05) is 36.1 Å². The number of likely N-dealkylation sites (tertiary alicyclic amines) is 1. The van der Waals surface area contributed by atoms with Crippen LogP contribution in [0.3, 0.4) is 0 Å². The highest BCUT2D eigenvalue weighted by Crippen LogP contribution is 2.19. The molecule has 1 fully saturated rings. The zero-order valence-electron chi connectivity index (χ0n) is 11.6. The first-order valence-electron chi connectivity index (χ1n) is 6.86. The fourth-order valence-electron chi connectivity index (χ4n) is 2.36. The van der Waals surface area contributed by atoms with Crippen molar-refractivity contribution in [3.63, 3.8) is 0 Å². The Bertz CT molecular complexity index is 542. The standard InChI is InChI=1S/C16H19NO3/c1-12(7-8-15(18)19)13-5-4-6-14(11-13)16(20)17-9-2-3-10-17/h4-7,11H,2-3,8-10H2,1H3,(H,18,19)/b12-7+. The molecule has 2 rings (SSSR count). The monoisotopic (exact) mass is 273 g/mol. The molecular weight excluding hydrogens is 254 g/mol. The van der Waals surface area contributed by atoms with Crippen molar-refractivity contribution in [1.29, 1.82) is 0 Å². The summed E-state index contributed by atoms with van der Waals surface area (Å²) in [7, 11) is 0. The Hall–Kier alpha value is -2.10. The Morgan fingerprint density at radius 3 is 2.55 bits per heavy atom. The van der Waals surface area contributed by atoms with Gasteiger partial charge in [0.05, 0.1) is 6.42 Å². The van der Waals surface area contributed by atoms with Gasteiger partial charge in [0.2, 0.25) is 0 Å². The third-order valence-electron chi connectivity index (χ3n) is 3.54. The number of carboxylic acids is 1. The van der Waals surface area contributed by atoms with Gasteiger partial charge in [0.15, 0.2) is 0 Å². The highest BCUT2D eigenvalue weighted by atomic mass is 16.4. The van der Waals surface area contributed by atoms with E-state index in [9.17, 15) is 9.59 Å². The molecule has 1 aromatic carbocycles. The summed E-state index contributed by atoms with van der Waals surface area (Å²) in [5.74, 6) is -0.788. The number of hydrogen-bond acceptors (Lipinski definition) is 2. The van der Waals surface area contributed by atoms with Gasteiger partial charge in [-0.2, -0.15) is 0 Å². The van der Waals surface area contributed by atoms with Crippen molar-refractivity contribution in [2.24, 2.45) is 0 Å². The molecule has 0 saturated carbocycles. The van der Waals surface area contributed by atoms with Crippen LogP contribution in [0.1, 0.15) is 42.1 Å². The van der Waals surface area contributed by atoms with Crippen LogP contribution in [0.25, 0.3) is 5.57 Å². The Balaban J connectivity index is 2.16. The van der Waals surface area contributed by atoms with Crippen LogP contribution in [0.15, 0.2) is 30.3 Å². The van der Waals surface area contributed by atoms with Crippen LogP contribution in [0.5, 0.6) is 0 Å². The van der Waals surface area contributed by atoms with E-state index in [-0.39, 0.29) is 12.3 Å². The van der Waals surface area contributed by atoms with Crippen LogP contribution in [-0.2, 0) is 4.79 Å². The smallest absolute Gasteiger partial charge is 0.307 e. The number of carbonyl (C=O) groups excluding carboxylic acids is 1. The van der Waals surface area contributed by atoms with Crippen LogP contribution in [-0.4, -0.2) is 35.0 Å². The third kappa shape index (κ3) is 3.47. The quantitative estimate of drug-likeness (QED) is 0.917. The molecule has 1 aromatic rings. The Morgan fingerprint density at radius 2 is 1.90 bits per heavy atom. The molecule has 0 radical (unpaired) electrons. The van der Waals surface area contributed by atoms with Gasteiger partial charge in [-0.1, -0.05) is 18.2 Å². The minimum Gasteiger partial charge on any atom is -0.481 e. The molecule has 1 aliphatic heterocycles. The molecule has 1 heterocycles. The summed E-state index contributed by atoms with van der Waals surface area (Å²) >= 11 is 0. The van der Waals surface area contributed by atoms with Crippen LogP contribution >= 0.6 is 0 Å². The van der Waals surface area contributed by atoms with Gasteiger partial charge in [-0.3, -0.25) is 9.59 Å². The van der Waals surface area contributed by atoms with Crippen LogP contribution in [0, 0.1) is 0 Å². The molecular formula is C16H19NO3. The number of carbonyl (C=O) groups is 2. The minimum absolute atomic E-state index is 0.00384. The van der Waals surface area contributed by atoms with Gasteiger partial charge in [0.25, 0.3) is 5.91 Å². The number of benzene rings is 1. The second kappa shape index (κ2) is 6.37. The van der Waals surface area contributed by atoms with Crippen molar-refractivity contribution in [3.8, 4) is 0 Å². The summed E-state index contributed by atoms with van der Waals surface area (Å²) in [5, 5.41) is 8.69. The molecule has 0 bridgehead atoms. The number of hydrogen-bond donors (Lipinski definition) is 1. The first kappa shape index (κ1) is 14.3. The lowest BCUT2D eigenvalue weighted by molar-refractivity contribution is -0.135. The van der Waals surface area contributed by atoms with Crippen LogP contribution in [0.2, 0.25) is 0 Å². The lowest BCUT2D eigenvalue weighted by atomic mass is 10.0. The zero-order valence-corrected chi connectivity index (χ0v) is 11.6. The number of amides is 1. The molecule has 4 heteroatoms. The fourth-order valence-corrected chi connectivity index (χ4v) is 2.36. The van der Waals surface area contributed by atoms with E-state index in [4.69, 9.17) is 5.11 Å². The van der Waals surface area contributed by atoms with E-state index in [1.165, 1.54) is 0 Å². The number of carboxylic acid groups (broad SMARTS) is 1. The van der Waals surface area contributed by atoms with E-state index < -0.39 is 5.97 Å². The van der Waals surface area contributed by atoms with E-state index in [2.05, 4.69) is 0 Å². The normalized spacial score (nSPS) is 15.4. The summed E-state index contributed by atoms with van der Waals surface area (Å²) in [6.07, 6.45) is 3.81. The molecule has 20 heavy (non-hydrogen) atoms. The zero-order chi connectivity index (χ0) is 14.5. The average Bonchev–Trinajstić information content (AvgIpc) is 2.98. The minimum atomic E-state index is -0.853. The first-order valence-corrected chi connectivity index (χ1v) is 6.86. The van der Waals surface area contributed by atoms with Crippen LogP contribution < -0.4 is 0 Å². The van der Waals surface area contributed by atoms with Crippen molar-refractivity contribution >= 4 is 17.4 Å². The summed E-state index contributed by atoms with van der Waals surface area (Å²) in [6.45, 7) is 3.52. The molecule has 0 atom stereocenters. The number of rotatable bonds is 4. The Morgan fingerprint density at radius 1 is 1.25 bits per heavy atom. The summed E-state index contributed by atoms with van der Waals surface area (Å²) in [5.41, 5.74) is 2.45. The lowest BCUT2D eigenvalue weighted by Crippen LogP contribution is -2.27. The molecule has 0 aliphatic carbocycles. The summed E-state index contributed by atoms with van der Waals surface area (Å²) in [6, 6.07) is 7.40. The molecule has 0 unspecified atom stereocenters. The van der Waals surface area contributed by atoms with Crippen molar-refractivity contribution in [2.75, 3.05) is 13.1 Å². The summed E-state index contributed by atoms with van der Waals surface area (Å²) < 4.78 is 0. The maximum absolute atomic E-state index is 12.3. The van der Waals surface area contributed by atoms with Gasteiger partial charge in [-0.05, 0) is 43.0 Å². The topological polar surface area (TPSA) is 57.6 Å². The SMILES string of the molecule is C/C(=C\CC(=O)O)c1cccc(C(=O)N2CCCC2)c1. The third-order valence-corrected chi connectivity index (χ3v) is 3.54. The van der Waals surface area contributed by atoms with E-state index in [1.54, 1.807) is 6.08 Å². The molecule has 1 amide bonds. The van der Waals surface area contributed by atoms with E-state index in [0.717, 1.165) is 37.1 Å². The number of nitrogens with zero attached hydrogens (tertiary/aromatic N) is 1.